The van der Waals surface area contributed by atoms with Crippen LogP contribution >= 0.6 is 11.6 Å². The molecule has 0 heterocycles. The summed E-state index contributed by atoms with van der Waals surface area (Å²) in [6.07, 6.45) is 0. The smallest absolute Gasteiger partial charge is 0.250 e. The van der Waals surface area contributed by atoms with Crippen molar-refractivity contribution in [2.24, 2.45) is 0 Å². The number of benzene rings is 2. The van der Waals surface area contributed by atoms with Crippen molar-refractivity contribution in [2.75, 3.05) is 19.5 Å². The minimum Gasteiger partial charge on any atom is -0.497 e. The Morgan fingerprint density at radius 3 is 2.25 bits per heavy atom. The van der Waals surface area contributed by atoms with Crippen LogP contribution < -0.4 is 25.6 Å². The fourth-order valence-electron chi connectivity index (χ4n) is 2.45. The molecule has 0 atom stereocenters. The van der Waals surface area contributed by atoms with E-state index < -0.39 is 10.9 Å². The second-order valence-electron chi connectivity index (χ2n) is 5.11. The van der Waals surface area contributed by atoms with Gasteiger partial charge in [-0.3, -0.25) is 9.59 Å². The van der Waals surface area contributed by atoms with E-state index in [1.54, 1.807) is 49.6 Å². The summed E-state index contributed by atoms with van der Waals surface area (Å²) in [4.78, 5) is 24.0. The summed E-state index contributed by atoms with van der Waals surface area (Å²) < 4.78 is 10.5. The second kappa shape index (κ2) is 6.37. The Hall–Kier alpha value is -2.79. The SMILES string of the molecule is COc1ccc(OC)c(Nc2c(-c3ccc(Cl)cc3)c(=O)c2=O)c1. The van der Waals surface area contributed by atoms with Gasteiger partial charge in [-0.2, -0.15) is 0 Å². The first-order valence-corrected chi connectivity index (χ1v) is 7.51. The molecule has 0 radical (unpaired) electrons. The first kappa shape index (κ1) is 16.1. The molecular weight excluding hydrogens is 330 g/mol. The fraction of sp³-hybridized carbons (Fsp3) is 0.111. The molecule has 0 aliphatic carbocycles. The third-order valence-electron chi connectivity index (χ3n) is 3.71. The lowest BCUT2D eigenvalue weighted by Gasteiger charge is -2.16. The molecule has 3 aromatic rings. The van der Waals surface area contributed by atoms with Crippen LogP contribution in [-0.4, -0.2) is 14.2 Å². The van der Waals surface area contributed by atoms with Crippen molar-refractivity contribution in [3.63, 3.8) is 0 Å². The predicted octanol–water partition coefficient (Wildman–Crippen LogP) is 3.36. The molecule has 0 unspecified atom stereocenters. The summed E-state index contributed by atoms with van der Waals surface area (Å²) in [5.74, 6) is 1.14. The molecule has 0 amide bonds. The van der Waals surface area contributed by atoms with E-state index in [2.05, 4.69) is 5.32 Å². The third-order valence-corrected chi connectivity index (χ3v) is 3.96. The van der Waals surface area contributed by atoms with Gasteiger partial charge in [0.2, 0.25) is 5.43 Å². The zero-order valence-electron chi connectivity index (χ0n) is 13.1. The number of ether oxygens (including phenoxy) is 2. The molecular formula is C18H14ClNO4. The normalized spacial score (nSPS) is 10.6. The highest BCUT2D eigenvalue weighted by Gasteiger charge is 2.23. The molecule has 3 rings (SSSR count). The zero-order valence-corrected chi connectivity index (χ0v) is 13.8. The number of methoxy groups -OCH3 is 2. The summed E-state index contributed by atoms with van der Waals surface area (Å²) >= 11 is 5.87. The number of hydrogen-bond donors (Lipinski definition) is 1. The van der Waals surface area contributed by atoms with Crippen LogP contribution in [0.25, 0.3) is 11.1 Å². The minimum absolute atomic E-state index is 0.230. The first-order valence-electron chi connectivity index (χ1n) is 7.13. The molecule has 1 N–H and O–H groups in total. The van der Waals surface area contributed by atoms with Crippen LogP contribution in [0.4, 0.5) is 11.4 Å². The van der Waals surface area contributed by atoms with Gasteiger partial charge in [0.05, 0.1) is 25.5 Å². The monoisotopic (exact) mass is 343 g/mol. The van der Waals surface area contributed by atoms with Crippen molar-refractivity contribution in [1.29, 1.82) is 0 Å². The van der Waals surface area contributed by atoms with Crippen LogP contribution in [0.5, 0.6) is 11.5 Å². The van der Waals surface area contributed by atoms with Crippen LogP contribution in [0.2, 0.25) is 5.02 Å². The maximum Gasteiger partial charge on any atom is 0.250 e. The molecule has 24 heavy (non-hydrogen) atoms. The highest BCUT2D eigenvalue weighted by atomic mass is 35.5. The summed E-state index contributed by atoms with van der Waals surface area (Å²) in [5.41, 5.74) is 0.648. The molecule has 6 heteroatoms. The average Bonchev–Trinajstić information content (AvgIpc) is 2.62. The number of rotatable bonds is 5. The van der Waals surface area contributed by atoms with E-state index in [1.165, 1.54) is 7.11 Å². The predicted molar refractivity (Wildman–Crippen MR) is 94.6 cm³/mol. The molecule has 0 saturated heterocycles. The Balaban J connectivity index is 2.03. The Morgan fingerprint density at radius 2 is 1.62 bits per heavy atom. The van der Waals surface area contributed by atoms with Gasteiger partial charge in [0.1, 0.15) is 17.2 Å². The maximum absolute atomic E-state index is 12.0. The van der Waals surface area contributed by atoms with E-state index in [1.807, 2.05) is 0 Å². The van der Waals surface area contributed by atoms with Crippen molar-refractivity contribution in [3.05, 3.63) is 67.9 Å². The summed E-state index contributed by atoms with van der Waals surface area (Å²) in [6.45, 7) is 0. The van der Waals surface area contributed by atoms with Gasteiger partial charge in [-0.1, -0.05) is 23.7 Å². The molecule has 0 aliphatic heterocycles. The van der Waals surface area contributed by atoms with E-state index in [4.69, 9.17) is 21.1 Å². The molecule has 0 aliphatic rings. The molecule has 122 valence electrons. The van der Waals surface area contributed by atoms with Crippen LogP contribution in [0.15, 0.2) is 52.1 Å². The molecule has 0 bridgehead atoms. The fourth-order valence-corrected chi connectivity index (χ4v) is 2.58. The molecule has 0 spiro atoms. The van der Waals surface area contributed by atoms with Gasteiger partial charge in [-0.25, -0.2) is 0 Å². The third kappa shape index (κ3) is 2.74. The summed E-state index contributed by atoms with van der Waals surface area (Å²) in [7, 11) is 3.07. The van der Waals surface area contributed by atoms with Crippen LogP contribution in [0, 0.1) is 0 Å². The minimum atomic E-state index is -0.565. The highest BCUT2D eigenvalue weighted by molar-refractivity contribution is 6.30. The lowest BCUT2D eigenvalue weighted by atomic mass is 9.98. The maximum atomic E-state index is 12.0. The van der Waals surface area contributed by atoms with Crippen molar-refractivity contribution in [3.8, 4) is 22.6 Å². The van der Waals surface area contributed by atoms with Gasteiger partial charge in [0.25, 0.3) is 5.43 Å². The lowest BCUT2D eigenvalue weighted by Crippen LogP contribution is -2.35. The number of halogens is 1. The van der Waals surface area contributed by atoms with Crippen LogP contribution in [-0.2, 0) is 0 Å². The molecule has 5 nitrogen and oxygen atoms in total. The van der Waals surface area contributed by atoms with Crippen molar-refractivity contribution < 1.29 is 9.47 Å². The van der Waals surface area contributed by atoms with E-state index in [0.29, 0.717) is 33.3 Å². The molecule has 0 saturated carbocycles. The van der Waals surface area contributed by atoms with Gasteiger partial charge in [-0.15, -0.1) is 0 Å². The number of hydrogen-bond acceptors (Lipinski definition) is 5. The Labute approximate surface area is 143 Å². The highest BCUT2D eigenvalue weighted by Crippen LogP contribution is 2.34. The van der Waals surface area contributed by atoms with Crippen LogP contribution in [0.3, 0.4) is 0 Å². The lowest BCUT2D eigenvalue weighted by molar-refractivity contribution is 0.405. The van der Waals surface area contributed by atoms with Crippen molar-refractivity contribution >= 4 is 23.0 Å². The zero-order chi connectivity index (χ0) is 17.3. The van der Waals surface area contributed by atoms with E-state index in [-0.39, 0.29) is 5.69 Å². The standard InChI is InChI=1S/C18H14ClNO4/c1-23-12-7-8-14(24-2)13(9-12)20-16-15(17(21)18(16)22)10-3-5-11(19)6-4-10/h3-9,20H,1-2H3. The van der Waals surface area contributed by atoms with E-state index in [9.17, 15) is 9.59 Å². The number of anilines is 2. The quantitative estimate of drug-likeness (QED) is 0.720. The van der Waals surface area contributed by atoms with Crippen LogP contribution in [0.1, 0.15) is 0 Å². The largest absolute Gasteiger partial charge is 0.497 e. The van der Waals surface area contributed by atoms with E-state index >= 15 is 0 Å². The Morgan fingerprint density at radius 1 is 0.917 bits per heavy atom. The Kier molecular flexibility index (Phi) is 4.27. The Bertz CT molecular complexity index is 956. The number of nitrogens with one attached hydrogen (secondary N) is 1. The van der Waals surface area contributed by atoms with E-state index in [0.717, 1.165) is 0 Å². The van der Waals surface area contributed by atoms with Crippen molar-refractivity contribution in [1.82, 2.24) is 0 Å². The van der Waals surface area contributed by atoms with Gasteiger partial charge in [0.15, 0.2) is 0 Å². The van der Waals surface area contributed by atoms with Crippen molar-refractivity contribution in [2.45, 2.75) is 0 Å². The van der Waals surface area contributed by atoms with Gasteiger partial charge in [-0.05, 0) is 29.8 Å². The van der Waals surface area contributed by atoms with Gasteiger partial charge in [0, 0.05) is 11.1 Å². The molecule has 0 fully saturated rings. The topological polar surface area (TPSA) is 64.6 Å². The molecule has 3 aromatic carbocycles. The first-order chi connectivity index (χ1) is 11.5. The summed E-state index contributed by atoms with van der Waals surface area (Å²) in [6, 6.07) is 11.9. The summed E-state index contributed by atoms with van der Waals surface area (Å²) in [5, 5.41) is 3.54. The van der Waals surface area contributed by atoms with Gasteiger partial charge < -0.3 is 14.8 Å². The average molecular weight is 344 g/mol. The molecule has 0 aromatic heterocycles. The second-order valence-corrected chi connectivity index (χ2v) is 5.54. The van der Waals surface area contributed by atoms with Gasteiger partial charge >= 0.3 is 0 Å².